The van der Waals surface area contributed by atoms with E-state index in [9.17, 15) is 17.6 Å². The Balaban J connectivity index is 1.20. The Morgan fingerprint density at radius 1 is 1.00 bits per heavy atom. The van der Waals surface area contributed by atoms with Gasteiger partial charge in [0.05, 0.1) is 22.5 Å². The zero-order chi connectivity index (χ0) is 26.7. The Morgan fingerprint density at radius 2 is 1.68 bits per heavy atom. The Kier molecular flexibility index (Phi) is 7.44. The molecular weight excluding hydrogens is 505 g/mol. The lowest BCUT2D eigenvalue weighted by atomic mass is 9.96. The van der Waals surface area contributed by atoms with E-state index in [-0.39, 0.29) is 22.5 Å². The van der Waals surface area contributed by atoms with E-state index >= 15 is 0 Å². The Bertz CT molecular complexity index is 1540. The van der Waals surface area contributed by atoms with Gasteiger partial charge in [0.1, 0.15) is 5.82 Å². The van der Waals surface area contributed by atoms with Gasteiger partial charge in [0.2, 0.25) is 21.9 Å². The van der Waals surface area contributed by atoms with Gasteiger partial charge in [-0.1, -0.05) is 42.5 Å². The maximum Gasteiger partial charge on any atom is 0.238 e. The lowest BCUT2D eigenvalue weighted by molar-refractivity contribution is -0.125. The first kappa shape index (κ1) is 25.9. The van der Waals surface area contributed by atoms with Gasteiger partial charge in [0, 0.05) is 31.1 Å². The number of halogens is 1. The molecule has 0 bridgehead atoms. The smallest absolute Gasteiger partial charge is 0.238 e. The summed E-state index contributed by atoms with van der Waals surface area (Å²) < 4.78 is 39.3. The molecule has 10 heteroatoms. The molecule has 0 saturated carbocycles. The number of carbonyl (C=O) groups excluding carboxylic acids is 1. The molecule has 1 amide bonds. The van der Waals surface area contributed by atoms with Crippen molar-refractivity contribution in [2.24, 2.45) is 11.1 Å². The molecule has 0 spiro atoms. The molecule has 198 valence electrons. The van der Waals surface area contributed by atoms with E-state index in [1.807, 2.05) is 30.3 Å². The van der Waals surface area contributed by atoms with Gasteiger partial charge in [-0.3, -0.25) is 4.79 Å². The molecule has 1 aliphatic heterocycles. The molecule has 0 radical (unpaired) electrons. The second-order valence-electron chi connectivity index (χ2n) is 9.57. The van der Waals surface area contributed by atoms with E-state index in [1.165, 1.54) is 18.2 Å². The van der Waals surface area contributed by atoms with Crippen LogP contribution in [0, 0.1) is 11.7 Å². The molecule has 3 N–H and O–H groups in total. The monoisotopic (exact) mass is 535 g/mol. The Morgan fingerprint density at radius 3 is 2.39 bits per heavy atom. The molecule has 38 heavy (non-hydrogen) atoms. The van der Waals surface area contributed by atoms with Crippen molar-refractivity contribution in [1.82, 2.24) is 14.9 Å². The van der Waals surface area contributed by atoms with Gasteiger partial charge < -0.3 is 14.8 Å². The maximum atomic E-state index is 14.4. The van der Waals surface area contributed by atoms with Crippen LogP contribution in [0.2, 0.25) is 0 Å². The molecule has 1 aromatic heterocycles. The number of hydrogen-bond donors (Lipinski definition) is 2. The number of aromatic nitrogens is 2. The number of fused-ring (bicyclic) bond motifs is 1. The number of imidazole rings is 1. The van der Waals surface area contributed by atoms with E-state index in [0.717, 1.165) is 22.5 Å². The lowest BCUT2D eigenvalue weighted by Gasteiger charge is -2.32. The number of para-hydroxylation sites is 2. The summed E-state index contributed by atoms with van der Waals surface area (Å²) in [6.07, 6.45) is 1.98. The van der Waals surface area contributed by atoms with Crippen molar-refractivity contribution in [2.45, 2.75) is 30.7 Å². The van der Waals surface area contributed by atoms with Crippen LogP contribution < -0.4 is 15.4 Å². The number of rotatable bonds is 8. The molecule has 4 aromatic rings. The summed E-state index contributed by atoms with van der Waals surface area (Å²) in [4.78, 5) is 19.9. The largest absolute Gasteiger partial charge is 0.356 e. The number of sulfonamides is 1. The fourth-order valence-corrected chi connectivity index (χ4v) is 5.43. The van der Waals surface area contributed by atoms with Gasteiger partial charge in [0.25, 0.3) is 0 Å². The highest BCUT2D eigenvalue weighted by Crippen LogP contribution is 2.28. The SMILES string of the molecule is NS(=O)(=O)c1ccc(CCNC(=O)C2CCN(c3nc4ccccc4n3Cc3ccccc3F)CC2)cc1. The van der Waals surface area contributed by atoms with Crippen molar-refractivity contribution in [1.29, 1.82) is 0 Å². The van der Waals surface area contributed by atoms with E-state index in [4.69, 9.17) is 10.1 Å². The molecule has 8 nitrogen and oxygen atoms in total. The normalized spacial score (nSPS) is 14.6. The first-order chi connectivity index (χ1) is 18.3. The minimum absolute atomic E-state index is 0.0191. The number of nitrogens with zero attached hydrogens (tertiary/aromatic N) is 3. The van der Waals surface area contributed by atoms with Crippen LogP contribution in [-0.4, -0.2) is 43.5 Å². The maximum absolute atomic E-state index is 14.4. The average molecular weight is 536 g/mol. The van der Waals surface area contributed by atoms with Crippen LogP contribution in [0.3, 0.4) is 0 Å². The van der Waals surface area contributed by atoms with Gasteiger partial charge in [0.15, 0.2) is 0 Å². The third kappa shape index (κ3) is 5.71. The van der Waals surface area contributed by atoms with Crippen LogP contribution in [-0.2, 0) is 27.8 Å². The van der Waals surface area contributed by atoms with Crippen molar-refractivity contribution in [3.8, 4) is 0 Å². The van der Waals surface area contributed by atoms with Gasteiger partial charge in [-0.2, -0.15) is 0 Å². The number of piperidine rings is 1. The van der Waals surface area contributed by atoms with Crippen molar-refractivity contribution in [3.63, 3.8) is 0 Å². The highest BCUT2D eigenvalue weighted by Gasteiger charge is 2.27. The zero-order valence-corrected chi connectivity index (χ0v) is 21.7. The standard InChI is InChI=1S/C28H30FN5O3S/c29-24-6-2-1-5-22(24)19-34-26-8-4-3-7-25(26)32-28(34)33-17-14-21(15-18-33)27(35)31-16-13-20-9-11-23(12-10-20)38(30,36)37/h1-12,21H,13-19H2,(H,31,35)(H2,30,36,37). The van der Waals surface area contributed by atoms with Crippen LogP contribution in [0.4, 0.5) is 10.3 Å². The molecule has 0 unspecified atom stereocenters. The predicted molar refractivity (Wildman–Crippen MR) is 145 cm³/mol. The summed E-state index contributed by atoms with van der Waals surface area (Å²) in [6, 6.07) is 21.0. The summed E-state index contributed by atoms with van der Waals surface area (Å²) in [7, 11) is -3.72. The number of carbonyl (C=O) groups is 1. The van der Waals surface area contributed by atoms with Gasteiger partial charge >= 0.3 is 0 Å². The average Bonchev–Trinajstić information content (AvgIpc) is 3.28. The van der Waals surface area contributed by atoms with Gasteiger partial charge in [-0.15, -0.1) is 0 Å². The van der Waals surface area contributed by atoms with Crippen molar-refractivity contribution in [2.75, 3.05) is 24.5 Å². The number of hydrogen-bond acceptors (Lipinski definition) is 5. The number of benzene rings is 3. The minimum Gasteiger partial charge on any atom is -0.356 e. The second kappa shape index (κ2) is 10.9. The topological polar surface area (TPSA) is 110 Å². The molecule has 0 atom stereocenters. The summed E-state index contributed by atoms with van der Waals surface area (Å²) in [6.45, 7) is 2.19. The van der Waals surface area contributed by atoms with Gasteiger partial charge in [-0.05, 0) is 55.2 Å². The van der Waals surface area contributed by atoms with Crippen molar-refractivity contribution in [3.05, 3.63) is 89.7 Å². The number of nitrogens with two attached hydrogens (primary N) is 1. The minimum atomic E-state index is -3.72. The van der Waals surface area contributed by atoms with E-state index in [1.54, 1.807) is 24.3 Å². The highest BCUT2D eigenvalue weighted by molar-refractivity contribution is 7.89. The predicted octanol–water partition coefficient (Wildman–Crippen LogP) is 3.45. The van der Waals surface area contributed by atoms with E-state index in [2.05, 4.69) is 14.8 Å². The Labute approximate surface area is 221 Å². The number of primary sulfonamides is 1. The van der Waals surface area contributed by atoms with Crippen LogP contribution >= 0.6 is 0 Å². The molecule has 5 rings (SSSR count). The second-order valence-corrected chi connectivity index (χ2v) is 11.1. The van der Waals surface area contributed by atoms with Crippen LogP contribution in [0.25, 0.3) is 11.0 Å². The first-order valence-electron chi connectivity index (χ1n) is 12.6. The Hall–Kier alpha value is -3.76. The summed E-state index contributed by atoms with van der Waals surface area (Å²) in [5.41, 5.74) is 3.32. The molecule has 2 heterocycles. The molecular formula is C28H30FN5O3S. The highest BCUT2D eigenvalue weighted by atomic mass is 32.2. The molecule has 1 saturated heterocycles. The molecule has 1 aliphatic rings. The lowest BCUT2D eigenvalue weighted by Crippen LogP contribution is -2.42. The fourth-order valence-electron chi connectivity index (χ4n) is 4.92. The summed E-state index contributed by atoms with van der Waals surface area (Å²) in [5.74, 6) is 0.467. The quantitative estimate of drug-likeness (QED) is 0.359. The fraction of sp³-hybridized carbons (Fsp3) is 0.286. The molecule has 1 fully saturated rings. The molecule has 3 aromatic carbocycles. The summed E-state index contributed by atoms with van der Waals surface area (Å²) >= 11 is 0. The van der Waals surface area contributed by atoms with Crippen LogP contribution in [0.15, 0.2) is 77.7 Å². The first-order valence-corrected chi connectivity index (χ1v) is 14.2. The number of nitrogens with one attached hydrogen (secondary N) is 1. The third-order valence-corrected chi connectivity index (χ3v) is 7.96. The van der Waals surface area contributed by atoms with Crippen LogP contribution in [0.1, 0.15) is 24.0 Å². The number of amides is 1. The zero-order valence-electron chi connectivity index (χ0n) is 20.9. The van der Waals surface area contributed by atoms with E-state index < -0.39 is 10.0 Å². The third-order valence-electron chi connectivity index (χ3n) is 7.03. The van der Waals surface area contributed by atoms with Crippen LogP contribution in [0.5, 0.6) is 0 Å². The number of anilines is 1. The van der Waals surface area contributed by atoms with Crippen molar-refractivity contribution < 1.29 is 17.6 Å². The van der Waals surface area contributed by atoms with Crippen molar-refractivity contribution >= 4 is 32.9 Å². The van der Waals surface area contributed by atoms with E-state index in [0.29, 0.717) is 51.0 Å². The van der Waals surface area contributed by atoms with Gasteiger partial charge in [-0.25, -0.2) is 22.9 Å². The molecule has 0 aliphatic carbocycles. The summed E-state index contributed by atoms with van der Waals surface area (Å²) in [5, 5.41) is 8.15.